The first kappa shape index (κ1) is 17.1. The maximum absolute atomic E-state index is 13.1. The lowest BCUT2D eigenvalue weighted by atomic mass is 10.1. The Morgan fingerprint density at radius 1 is 1.04 bits per heavy atom. The van der Waals surface area contributed by atoms with Crippen LogP contribution in [-0.4, -0.2) is 34.1 Å². The molecule has 0 saturated carbocycles. The largest absolute Gasteiger partial charge is 0.324 e. The number of nitro groups is 1. The van der Waals surface area contributed by atoms with Crippen LogP contribution in [0.2, 0.25) is 0 Å². The fraction of sp³-hybridized carbons (Fsp3) is 0.0625. The number of nitrogens with one attached hydrogen (secondary N) is 1. The summed E-state index contributed by atoms with van der Waals surface area (Å²) in [5.74, 6) is -4.71. The molecule has 0 fully saturated rings. The topological polar surface area (TPSA) is 110 Å². The molecule has 2 aromatic rings. The van der Waals surface area contributed by atoms with Crippen LogP contribution in [0, 0.1) is 21.7 Å². The van der Waals surface area contributed by atoms with Gasteiger partial charge in [0.25, 0.3) is 17.5 Å². The highest BCUT2D eigenvalue weighted by molar-refractivity contribution is 6.23. The van der Waals surface area contributed by atoms with Crippen LogP contribution in [0.15, 0.2) is 36.4 Å². The molecule has 132 valence electrons. The van der Waals surface area contributed by atoms with Crippen molar-refractivity contribution in [3.05, 3.63) is 69.3 Å². The van der Waals surface area contributed by atoms with Crippen molar-refractivity contribution in [3.8, 4) is 0 Å². The highest BCUT2D eigenvalue weighted by Gasteiger charge is 2.37. The molecule has 3 amide bonds. The Bertz CT molecular complexity index is 976. The van der Waals surface area contributed by atoms with Crippen molar-refractivity contribution < 1.29 is 28.1 Å². The van der Waals surface area contributed by atoms with E-state index in [1.165, 1.54) is 0 Å². The number of anilines is 1. The summed E-state index contributed by atoms with van der Waals surface area (Å²) in [4.78, 5) is 47.2. The third kappa shape index (κ3) is 2.99. The Balaban J connectivity index is 1.76. The summed E-state index contributed by atoms with van der Waals surface area (Å²) in [6, 6.07) is 5.85. The van der Waals surface area contributed by atoms with Crippen LogP contribution in [0.1, 0.15) is 20.7 Å². The summed E-state index contributed by atoms with van der Waals surface area (Å²) in [6.07, 6.45) is 0. The molecule has 1 aliphatic heterocycles. The van der Waals surface area contributed by atoms with E-state index < -0.39 is 40.8 Å². The number of benzene rings is 2. The molecule has 0 bridgehead atoms. The Morgan fingerprint density at radius 2 is 1.73 bits per heavy atom. The lowest BCUT2D eigenvalue weighted by molar-refractivity contribution is -0.384. The van der Waals surface area contributed by atoms with Gasteiger partial charge in [0, 0.05) is 23.9 Å². The number of fused-ring (bicyclic) bond motifs is 1. The number of non-ortho nitro benzene ring substituents is 1. The average molecular weight is 361 g/mol. The molecule has 26 heavy (non-hydrogen) atoms. The van der Waals surface area contributed by atoms with Gasteiger partial charge in [0.05, 0.1) is 16.1 Å². The summed E-state index contributed by atoms with van der Waals surface area (Å²) >= 11 is 0. The number of hydrogen-bond acceptors (Lipinski definition) is 5. The van der Waals surface area contributed by atoms with Crippen molar-refractivity contribution in [1.29, 1.82) is 0 Å². The van der Waals surface area contributed by atoms with Crippen molar-refractivity contribution in [1.82, 2.24) is 4.90 Å². The number of amides is 3. The monoisotopic (exact) mass is 361 g/mol. The highest BCUT2D eigenvalue weighted by atomic mass is 19.2. The molecule has 0 atom stereocenters. The fourth-order valence-electron chi connectivity index (χ4n) is 2.45. The normalized spacial score (nSPS) is 12.9. The van der Waals surface area contributed by atoms with Gasteiger partial charge in [-0.1, -0.05) is 0 Å². The molecule has 1 N–H and O–H groups in total. The molecule has 0 saturated heterocycles. The first-order chi connectivity index (χ1) is 12.3. The van der Waals surface area contributed by atoms with Gasteiger partial charge in [0.15, 0.2) is 11.6 Å². The summed E-state index contributed by atoms with van der Waals surface area (Å²) in [6.45, 7) is -0.681. The molecule has 0 unspecified atom stereocenters. The van der Waals surface area contributed by atoms with E-state index in [1.54, 1.807) is 0 Å². The number of imide groups is 1. The second-order valence-corrected chi connectivity index (χ2v) is 5.36. The number of carbonyl (C=O) groups excluding carboxylic acids is 3. The zero-order valence-electron chi connectivity index (χ0n) is 12.9. The third-order valence-electron chi connectivity index (χ3n) is 3.67. The van der Waals surface area contributed by atoms with Gasteiger partial charge in [-0.05, 0) is 18.2 Å². The van der Waals surface area contributed by atoms with E-state index in [0.29, 0.717) is 4.90 Å². The first-order valence-corrected chi connectivity index (χ1v) is 7.17. The van der Waals surface area contributed by atoms with Crippen LogP contribution in [0.4, 0.5) is 20.2 Å². The quantitative estimate of drug-likeness (QED) is 0.509. The second kappa shape index (κ2) is 6.31. The van der Waals surface area contributed by atoms with E-state index in [9.17, 15) is 33.3 Å². The van der Waals surface area contributed by atoms with Gasteiger partial charge in [-0.2, -0.15) is 0 Å². The molecule has 3 rings (SSSR count). The van der Waals surface area contributed by atoms with Crippen molar-refractivity contribution in [3.63, 3.8) is 0 Å². The van der Waals surface area contributed by atoms with Gasteiger partial charge in [-0.15, -0.1) is 0 Å². The number of halogens is 2. The van der Waals surface area contributed by atoms with E-state index in [2.05, 4.69) is 5.32 Å². The number of carbonyl (C=O) groups is 3. The van der Waals surface area contributed by atoms with E-state index in [1.807, 2.05) is 0 Å². The number of nitro benzene ring substituents is 1. The van der Waals surface area contributed by atoms with Crippen molar-refractivity contribution >= 4 is 29.1 Å². The van der Waals surface area contributed by atoms with E-state index in [4.69, 9.17) is 0 Å². The zero-order valence-corrected chi connectivity index (χ0v) is 12.9. The Labute approximate surface area is 144 Å². The Morgan fingerprint density at radius 3 is 2.38 bits per heavy atom. The Hall–Kier alpha value is -3.69. The maximum Gasteiger partial charge on any atom is 0.270 e. The fourth-order valence-corrected chi connectivity index (χ4v) is 2.45. The molecule has 0 radical (unpaired) electrons. The number of hydrogen-bond donors (Lipinski definition) is 1. The molecule has 0 aliphatic carbocycles. The predicted molar refractivity (Wildman–Crippen MR) is 83.5 cm³/mol. The van der Waals surface area contributed by atoms with Gasteiger partial charge >= 0.3 is 0 Å². The summed E-state index contributed by atoms with van der Waals surface area (Å²) in [5.41, 5.74) is -0.648. The summed E-state index contributed by atoms with van der Waals surface area (Å²) in [7, 11) is 0. The standard InChI is InChI=1S/C16H9F2N3O5/c17-12-4-1-8(5-13(12)18)19-14(22)7-20-15(23)10-3-2-9(21(25)26)6-11(10)16(20)24/h1-6H,7H2,(H,19,22). The SMILES string of the molecule is O=C(CN1C(=O)c2ccc([N+](=O)[O-])cc2C1=O)Nc1ccc(F)c(F)c1. The summed E-state index contributed by atoms with van der Waals surface area (Å²) in [5, 5.41) is 13.0. The molecular weight excluding hydrogens is 352 g/mol. The number of rotatable bonds is 4. The third-order valence-corrected chi connectivity index (χ3v) is 3.67. The first-order valence-electron chi connectivity index (χ1n) is 7.17. The molecule has 0 aromatic heterocycles. The molecular formula is C16H9F2N3O5. The van der Waals surface area contributed by atoms with E-state index >= 15 is 0 Å². The highest BCUT2D eigenvalue weighted by Crippen LogP contribution is 2.26. The minimum absolute atomic E-state index is 0.0544. The van der Waals surface area contributed by atoms with Crippen molar-refractivity contribution in [2.24, 2.45) is 0 Å². The Kier molecular flexibility index (Phi) is 4.16. The molecule has 8 nitrogen and oxygen atoms in total. The van der Waals surface area contributed by atoms with Gasteiger partial charge in [0.1, 0.15) is 6.54 Å². The smallest absolute Gasteiger partial charge is 0.270 e. The van der Waals surface area contributed by atoms with Crippen molar-refractivity contribution in [2.75, 3.05) is 11.9 Å². The molecule has 0 spiro atoms. The van der Waals surface area contributed by atoms with Crippen LogP contribution in [0.3, 0.4) is 0 Å². The minimum Gasteiger partial charge on any atom is -0.324 e. The molecule has 1 heterocycles. The molecule has 10 heteroatoms. The van der Waals surface area contributed by atoms with Crippen molar-refractivity contribution in [2.45, 2.75) is 0 Å². The van der Waals surface area contributed by atoms with Crippen LogP contribution in [0.5, 0.6) is 0 Å². The second-order valence-electron chi connectivity index (χ2n) is 5.36. The average Bonchev–Trinajstić information content (AvgIpc) is 2.82. The van der Waals surface area contributed by atoms with Gasteiger partial charge in [-0.3, -0.25) is 29.4 Å². The molecule has 1 aliphatic rings. The lowest BCUT2D eigenvalue weighted by Crippen LogP contribution is -2.37. The van der Waals surface area contributed by atoms with Gasteiger partial charge in [0.2, 0.25) is 5.91 Å². The van der Waals surface area contributed by atoms with Crippen LogP contribution < -0.4 is 5.32 Å². The summed E-state index contributed by atoms with van der Waals surface area (Å²) < 4.78 is 26.0. The molecule has 2 aromatic carbocycles. The minimum atomic E-state index is -1.17. The lowest BCUT2D eigenvalue weighted by Gasteiger charge is -2.13. The van der Waals surface area contributed by atoms with Gasteiger partial charge in [-0.25, -0.2) is 8.78 Å². The van der Waals surface area contributed by atoms with E-state index in [-0.39, 0.29) is 22.5 Å². The predicted octanol–water partition coefficient (Wildman–Crippen LogP) is 2.11. The van der Waals surface area contributed by atoms with Crippen LogP contribution in [0.25, 0.3) is 0 Å². The van der Waals surface area contributed by atoms with Crippen LogP contribution in [-0.2, 0) is 4.79 Å². The van der Waals surface area contributed by atoms with Gasteiger partial charge < -0.3 is 5.32 Å². The zero-order chi connectivity index (χ0) is 19.0. The van der Waals surface area contributed by atoms with E-state index in [0.717, 1.165) is 36.4 Å². The number of nitrogens with zero attached hydrogens (tertiary/aromatic N) is 2. The van der Waals surface area contributed by atoms with Crippen LogP contribution >= 0.6 is 0 Å². The maximum atomic E-state index is 13.1.